The molecule has 0 fully saturated rings. The molecular formula is C12H16FN3O3. The molecule has 0 saturated heterocycles. The molecule has 0 aliphatic heterocycles. The number of hydrogen-bond donors (Lipinski definition) is 3. The second-order valence-corrected chi connectivity index (χ2v) is 3.59. The highest BCUT2D eigenvalue weighted by molar-refractivity contribution is 5.94. The Kier molecular flexibility index (Phi) is 6.31. The Morgan fingerprint density at radius 3 is 2.79 bits per heavy atom. The van der Waals surface area contributed by atoms with Crippen LogP contribution in [0.1, 0.15) is 0 Å². The lowest BCUT2D eigenvalue weighted by Crippen LogP contribution is -2.36. The maximum Gasteiger partial charge on any atom is 0.243 e. The summed E-state index contributed by atoms with van der Waals surface area (Å²) in [4.78, 5) is 22.4. The molecule has 1 aromatic carbocycles. The fourth-order valence-electron chi connectivity index (χ4n) is 1.28. The largest absolute Gasteiger partial charge is 0.491 e. The average molecular weight is 269 g/mol. The highest BCUT2D eigenvalue weighted by atomic mass is 19.1. The molecule has 7 heteroatoms. The van der Waals surface area contributed by atoms with E-state index in [1.807, 2.05) is 0 Å². The minimum Gasteiger partial charge on any atom is -0.491 e. The summed E-state index contributed by atoms with van der Waals surface area (Å²) in [5, 5.41) is 4.91. The molecule has 19 heavy (non-hydrogen) atoms. The van der Waals surface area contributed by atoms with E-state index in [0.29, 0.717) is 11.4 Å². The molecule has 0 bridgehead atoms. The standard InChI is InChI=1S/C12H16FN3O3/c13-4-5-19-10-3-1-2-9(6-10)16-12(18)8-15-11(17)7-14/h1-3,6H,4-5,7-8,14H2,(H,15,17)(H,16,18). The van der Waals surface area contributed by atoms with Gasteiger partial charge < -0.3 is 21.1 Å². The summed E-state index contributed by atoms with van der Waals surface area (Å²) in [5.74, 6) is -0.332. The number of alkyl halides is 1. The number of nitrogens with one attached hydrogen (secondary N) is 2. The van der Waals surface area contributed by atoms with Gasteiger partial charge >= 0.3 is 0 Å². The maximum absolute atomic E-state index is 12.0. The van der Waals surface area contributed by atoms with Crippen molar-refractivity contribution in [1.29, 1.82) is 0 Å². The Bertz CT molecular complexity index is 440. The van der Waals surface area contributed by atoms with Crippen molar-refractivity contribution in [3.63, 3.8) is 0 Å². The second kappa shape index (κ2) is 8.04. The number of anilines is 1. The van der Waals surface area contributed by atoms with Gasteiger partial charge in [-0.05, 0) is 12.1 Å². The van der Waals surface area contributed by atoms with E-state index in [0.717, 1.165) is 0 Å². The summed E-state index contributed by atoms with van der Waals surface area (Å²) in [7, 11) is 0. The summed E-state index contributed by atoms with van der Waals surface area (Å²) >= 11 is 0. The summed E-state index contributed by atoms with van der Waals surface area (Å²) in [6.07, 6.45) is 0. The zero-order valence-corrected chi connectivity index (χ0v) is 10.3. The molecule has 0 saturated carbocycles. The van der Waals surface area contributed by atoms with E-state index < -0.39 is 12.6 Å². The minimum atomic E-state index is -0.582. The van der Waals surface area contributed by atoms with Gasteiger partial charge in [-0.2, -0.15) is 0 Å². The zero-order valence-electron chi connectivity index (χ0n) is 10.3. The van der Waals surface area contributed by atoms with Crippen molar-refractivity contribution in [2.45, 2.75) is 0 Å². The molecule has 0 spiro atoms. The van der Waals surface area contributed by atoms with Crippen molar-refractivity contribution in [2.24, 2.45) is 5.73 Å². The van der Waals surface area contributed by atoms with Crippen LogP contribution in [-0.4, -0.2) is 38.2 Å². The third kappa shape index (κ3) is 5.82. The number of halogens is 1. The first kappa shape index (κ1) is 14.9. The number of nitrogens with two attached hydrogens (primary N) is 1. The third-order valence-corrected chi connectivity index (χ3v) is 2.10. The van der Waals surface area contributed by atoms with Gasteiger partial charge in [0.2, 0.25) is 11.8 Å². The Labute approximate surface area is 110 Å². The molecule has 0 aliphatic carbocycles. The third-order valence-electron chi connectivity index (χ3n) is 2.10. The SMILES string of the molecule is NCC(=O)NCC(=O)Nc1cccc(OCCF)c1. The van der Waals surface area contributed by atoms with Crippen molar-refractivity contribution in [1.82, 2.24) is 5.32 Å². The Hall–Kier alpha value is -2.15. The van der Waals surface area contributed by atoms with E-state index in [1.165, 1.54) is 0 Å². The van der Waals surface area contributed by atoms with Crippen molar-refractivity contribution in [3.8, 4) is 5.75 Å². The zero-order chi connectivity index (χ0) is 14.1. The van der Waals surface area contributed by atoms with Gasteiger partial charge in [-0.15, -0.1) is 0 Å². The van der Waals surface area contributed by atoms with E-state index in [4.69, 9.17) is 10.5 Å². The summed E-state index contributed by atoms with van der Waals surface area (Å²) < 4.78 is 17.0. The van der Waals surface area contributed by atoms with Crippen molar-refractivity contribution in [3.05, 3.63) is 24.3 Å². The van der Waals surface area contributed by atoms with E-state index in [2.05, 4.69) is 10.6 Å². The van der Waals surface area contributed by atoms with Gasteiger partial charge in [0.15, 0.2) is 0 Å². The molecule has 0 aromatic heterocycles. The van der Waals surface area contributed by atoms with Crippen LogP contribution in [0, 0.1) is 0 Å². The van der Waals surface area contributed by atoms with Crippen LogP contribution in [0.25, 0.3) is 0 Å². The average Bonchev–Trinajstić information content (AvgIpc) is 2.43. The van der Waals surface area contributed by atoms with Gasteiger partial charge in [0.05, 0.1) is 13.1 Å². The topological polar surface area (TPSA) is 93.5 Å². The molecule has 0 unspecified atom stereocenters. The molecule has 1 rings (SSSR count). The molecule has 104 valence electrons. The molecule has 0 heterocycles. The predicted molar refractivity (Wildman–Crippen MR) is 68.6 cm³/mol. The van der Waals surface area contributed by atoms with Gasteiger partial charge in [0, 0.05) is 11.8 Å². The summed E-state index contributed by atoms with van der Waals surface area (Å²) in [6.45, 7) is -0.947. The maximum atomic E-state index is 12.0. The Morgan fingerprint density at radius 1 is 1.32 bits per heavy atom. The number of amides is 2. The van der Waals surface area contributed by atoms with Crippen LogP contribution < -0.4 is 21.1 Å². The fourth-order valence-corrected chi connectivity index (χ4v) is 1.28. The fraction of sp³-hybridized carbons (Fsp3) is 0.333. The van der Waals surface area contributed by atoms with Gasteiger partial charge in [0.25, 0.3) is 0 Å². The van der Waals surface area contributed by atoms with Crippen LogP contribution in [0.3, 0.4) is 0 Å². The van der Waals surface area contributed by atoms with E-state index in [-0.39, 0.29) is 25.6 Å². The molecular weight excluding hydrogens is 253 g/mol. The smallest absolute Gasteiger partial charge is 0.243 e. The van der Waals surface area contributed by atoms with Crippen LogP contribution in [0.2, 0.25) is 0 Å². The van der Waals surface area contributed by atoms with E-state index in [1.54, 1.807) is 24.3 Å². The first-order valence-corrected chi connectivity index (χ1v) is 5.71. The van der Waals surface area contributed by atoms with Crippen molar-refractivity contribution >= 4 is 17.5 Å². The van der Waals surface area contributed by atoms with Crippen LogP contribution in [-0.2, 0) is 9.59 Å². The quantitative estimate of drug-likeness (QED) is 0.652. The van der Waals surface area contributed by atoms with Gasteiger partial charge in [-0.25, -0.2) is 4.39 Å². The van der Waals surface area contributed by atoms with E-state index >= 15 is 0 Å². The summed E-state index contributed by atoms with van der Waals surface area (Å²) in [6, 6.07) is 6.55. The minimum absolute atomic E-state index is 0.0377. The van der Waals surface area contributed by atoms with Crippen molar-refractivity contribution < 1.29 is 18.7 Å². The first-order valence-electron chi connectivity index (χ1n) is 5.71. The highest BCUT2D eigenvalue weighted by Gasteiger charge is 2.05. The monoisotopic (exact) mass is 269 g/mol. The lowest BCUT2D eigenvalue weighted by Gasteiger charge is -2.08. The van der Waals surface area contributed by atoms with Crippen LogP contribution in [0.4, 0.5) is 10.1 Å². The normalized spacial score (nSPS) is 9.79. The molecule has 2 amide bonds. The Balaban J connectivity index is 2.47. The number of rotatable bonds is 7. The molecule has 6 nitrogen and oxygen atoms in total. The molecule has 0 atom stereocenters. The van der Waals surface area contributed by atoms with Gasteiger partial charge in [-0.1, -0.05) is 6.07 Å². The highest BCUT2D eigenvalue weighted by Crippen LogP contribution is 2.17. The summed E-state index contributed by atoms with van der Waals surface area (Å²) in [5.41, 5.74) is 5.59. The number of carbonyl (C=O) groups excluding carboxylic acids is 2. The van der Waals surface area contributed by atoms with Gasteiger partial charge in [0.1, 0.15) is 19.0 Å². The Morgan fingerprint density at radius 2 is 2.11 bits per heavy atom. The molecule has 0 radical (unpaired) electrons. The van der Waals surface area contributed by atoms with Gasteiger partial charge in [-0.3, -0.25) is 9.59 Å². The first-order chi connectivity index (χ1) is 9.15. The van der Waals surface area contributed by atoms with E-state index in [9.17, 15) is 14.0 Å². The molecule has 4 N–H and O–H groups in total. The molecule has 0 aliphatic rings. The van der Waals surface area contributed by atoms with Crippen LogP contribution in [0.15, 0.2) is 24.3 Å². The number of benzene rings is 1. The van der Waals surface area contributed by atoms with Crippen LogP contribution >= 0.6 is 0 Å². The molecule has 1 aromatic rings. The predicted octanol–water partition coefficient (Wildman–Crippen LogP) is 0.0483. The van der Waals surface area contributed by atoms with Crippen molar-refractivity contribution in [2.75, 3.05) is 31.7 Å². The lowest BCUT2D eigenvalue weighted by molar-refractivity contribution is -0.123. The van der Waals surface area contributed by atoms with Crippen LogP contribution in [0.5, 0.6) is 5.75 Å². The number of ether oxygens (including phenoxy) is 1. The number of carbonyl (C=O) groups is 2. The second-order valence-electron chi connectivity index (χ2n) is 3.59. The lowest BCUT2D eigenvalue weighted by atomic mass is 10.3. The number of hydrogen-bond acceptors (Lipinski definition) is 4.